The smallest absolute Gasteiger partial charge is 0.274 e. The monoisotopic (exact) mass is 461 g/mol. The van der Waals surface area contributed by atoms with Crippen molar-refractivity contribution in [3.8, 4) is 0 Å². The van der Waals surface area contributed by atoms with Crippen LogP contribution in [-0.2, 0) is 21.8 Å². The van der Waals surface area contributed by atoms with Gasteiger partial charge in [0, 0.05) is 16.8 Å². The second-order valence-electron chi connectivity index (χ2n) is 6.64. The van der Waals surface area contributed by atoms with Crippen LogP contribution in [0.5, 0.6) is 0 Å². The number of amides is 1. The summed E-state index contributed by atoms with van der Waals surface area (Å²) in [7, 11) is -2.99. The molecule has 32 heavy (non-hydrogen) atoms. The molecule has 0 saturated carbocycles. The first-order valence-corrected chi connectivity index (χ1v) is 12.0. The number of nitrogens with zero attached hydrogens (tertiary/aromatic N) is 1. The Morgan fingerprint density at radius 3 is 2.12 bits per heavy atom. The molecular weight excluding hydrogens is 442 g/mol. The molecule has 1 heterocycles. The minimum atomic E-state index is -1.58. The van der Waals surface area contributed by atoms with Gasteiger partial charge in [0.25, 0.3) is 5.91 Å². The molecule has 1 aromatic heterocycles. The number of hydrogen-bond donors (Lipinski definition) is 2. The van der Waals surface area contributed by atoms with Gasteiger partial charge in [-0.3, -0.25) is 14.5 Å². The standard InChI is InChI=1S/C24H19N3O3S2/c28-24(22-11-6-7-17-25-22)26-18-13-15-20(16-14-18)32(30)27-21-10-4-5-12-23(21)31(29)19-8-2-1-3-9-19/h1-17,27H,(H,26,28). The lowest BCUT2D eigenvalue weighted by Gasteiger charge is -2.12. The number of carbonyl (C=O) groups is 1. The molecule has 0 aliphatic rings. The Labute approximate surface area is 190 Å². The summed E-state index contributed by atoms with van der Waals surface area (Å²) in [6, 6.07) is 28.0. The second-order valence-corrected chi connectivity index (χ2v) is 9.30. The molecule has 0 aliphatic carbocycles. The number of para-hydroxylation sites is 1. The highest BCUT2D eigenvalue weighted by atomic mass is 32.2. The third kappa shape index (κ3) is 5.16. The Balaban J connectivity index is 1.47. The minimum absolute atomic E-state index is 0.310. The SMILES string of the molecule is O=C(Nc1ccc(S(=O)Nc2ccccc2S(=O)c2ccccc2)cc1)c1ccccn1. The molecule has 8 heteroatoms. The lowest BCUT2D eigenvalue weighted by Crippen LogP contribution is -2.13. The van der Waals surface area contributed by atoms with Crippen LogP contribution < -0.4 is 10.0 Å². The van der Waals surface area contributed by atoms with Crippen LogP contribution >= 0.6 is 0 Å². The Hall–Kier alpha value is -3.62. The van der Waals surface area contributed by atoms with E-state index in [4.69, 9.17) is 0 Å². The fraction of sp³-hybridized carbons (Fsp3) is 0. The largest absolute Gasteiger partial charge is 0.321 e. The van der Waals surface area contributed by atoms with Crippen LogP contribution in [0.25, 0.3) is 0 Å². The maximum Gasteiger partial charge on any atom is 0.274 e. The number of carbonyl (C=O) groups excluding carboxylic acids is 1. The first-order valence-electron chi connectivity index (χ1n) is 9.68. The third-order valence-corrected chi connectivity index (χ3v) is 7.03. The molecular formula is C24H19N3O3S2. The number of hydrogen-bond acceptors (Lipinski definition) is 4. The van der Waals surface area contributed by atoms with Gasteiger partial charge in [-0.25, -0.2) is 8.42 Å². The van der Waals surface area contributed by atoms with Gasteiger partial charge in [-0.05, 0) is 60.7 Å². The second kappa shape index (κ2) is 10.1. The van der Waals surface area contributed by atoms with Crippen molar-refractivity contribution in [2.75, 3.05) is 10.0 Å². The first kappa shape index (κ1) is 21.6. The van der Waals surface area contributed by atoms with Crippen molar-refractivity contribution >= 4 is 39.1 Å². The summed E-state index contributed by atoms with van der Waals surface area (Å²) in [4.78, 5) is 18.0. The van der Waals surface area contributed by atoms with Crippen molar-refractivity contribution in [2.24, 2.45) is 0 Å². The van der Waals surface area contributed by atoms with E-state index < -0.39 is 21.8 Å². The van der Waals surface area contributed by atoms with E-state index in [-0.39, 0.29) is 5.91 Å². The van der Waals surface area contributed by atoms with E-state index in [9.17, 15) is 13.2 Å². The summed E-state index contributed by atoms with van der Waals surface area (Å²) >= 11 is 0. The van der Waals surface area contributed by atoms with Crippen LogP contribution in [-0.4, -0.2) is 19.3 Å². The van der Waals surface area contributed by atoms with E-state index in [0.29, 0.717) is 31.8 Å². The van der Waals surface area contributed by atoms with Gasteiger partial charge in [0.1, 0.15) is 16.7 Å². The first-order chi connectivity index (χ1) is 15.6. The zero-order chi connectivity index (χ0) is 22.3. The number of benzene rings is 3. The van der Waals surface area contributed by atoms with Crippen LogP contribution in [0.15, 0.2) is 118 Å². The molecule has 0 spiro atoms. The Morgan fingerprint density at radius 2 is 1.41 bits per heavy atom. The molecule has 0 aliphatic heterocycles. The van der Waals surface area contributed by atoms with E-state index in [1.807, 2.05) is 18.2 Å². The molecule has 0 fully saturated rings. The molecule has 0 saturated heterocycles. The quantitative estimate of drug-likeness (QED) is 0.420. The highest BCUT2D eigenvalue weighted by Crippen LogP contribution is 2.25. The lowest BCUT2D eigenvalue weighted by atomic mass is 10.3. The molecule has 4 aromatic rings. The van der Waals surface area contributed by atoms with Crippen LogP contribution in [0.4, 0.5) is 11.4 Å². The van der Waals surface area contributed by atoms with Crippen molar-refractivity contribution in [1.82, 2.24) is 4.98 Å². The average Bonchev–Trinajstić information content (AvgIpc) is 2.85. The number of rotatable bonds is 7. The van der Waals surface area contributed by atoms with Crippen molar-refractivity contribution in [3.05, 3.63) is 109 Å². The number of aromatic nitrogens is 1. The van der Waals surface area contributed by atoms with E-state index in [2.05, 4.69) is 15.0 Å². The van der Waals surface area contributed by atoms with Crippen LogP contribution in [0.3, 0.4) is 0 Å². The molecule has 1 amide bonds. The normalized spacial score (nSPS) is 12.5. The Morgan fingerprint density at radius 1 is 0.719 bits per heavy atom. The van der Waals surface area contributed by atoms with E-state index >= 15 is 0 Å². The predicted octanol–water partition coefficient (Wildman–Crippen LogP) is 4.64. The molecule has 4 rings (SSSR count). The molecule has 6 nitrogen and oxygen atoms in total. The van der Waals surface area contributed by atoms with E-state index in [1.165, 1.54) is 0 Å². The summed E-state index contributed by atoms with van der Waals surface area (Å²) in [5.74, 6) is -0.324. The van der Waals surface area contributed by atoms with E-state index in [1.54, 1.807) is 85.1 Å². The average molecular weight is 462 g/mol. The summed E-state index contributed by atoms with van der Waals surface area (Å²) in [6.07, 6.45) is 1.55. The maximum absolute atomic E-state index is 13.0. The topological polar surface area (TPSA) is 88.2 Å². The van der Waals surface area contributed by atoms with Gasteiger partial charge in [-0.2, -0.15) is 0 Å². The van der Waals surface area contributed by atoms with Crippen molar-refractivity contribution in [1.29, 1.82) is 0 Å². The molecule has 0 bridgehead atoms. The zero-order valence-corrected chi connectivity index (χ0v) is 18.4. The fourth-order valence-corrected chi connectivity index (χ4v) is 5.02. The third-order valence-electron chi connectivity index (χ3n) is 4.47. The summed E-state index contributed by atoms with van der Waals surface area (Å²) in [6.45, 7) is 0. The molecule has 160 valence electrons. The number of nitrogens with one attached hydrogen (secondary N) is 2. The van der Waals surface area contributed by atoms with Gasteiger partial charge < -0.3 is 5.32 Å². The van der Waals surface area contributed by atoms with Gasteiger partial charge in [0.05, 0.1) is 26.3 Å². The van der Waals surface area contributed by atoms with Crippen LogP contribution in [0.2, 0.25) is 0 Å². The van der Waals surface area contributed by atoms with Crippen LogP contribution in [0, 0.1) is 0 Å². The number of anilines is 2. The molecule has 2 unspecified atom stereocenters. The molecule has 3 aromatic carbocycles. The van der Waals surface area contributed by atoms with Gasteiger partial charge in [-0.15, -0.1) is 0 Å². The van der Waals surface area contributed by atoms with Crippen molar-refractivity contribution in [3.63, 3.8) is 0 Å². The Bertz CT molecular complexity index is 1260. The van der Waals surface area contributed by atoms with Gasteiger partial charge in [-0.1, -0.05) is 36.4 Å². The lowest BCUT2D eigenvalue weighted by molar-refractivity contribution is 0.102. The van der Waals surface area contributed by atoms with E-state index in [0.717, 1.165) is 0 Å². The van der Waals surface area contributed by atoms with Crippen LogP contribution in [0.1, 0.15) is 10.5 Å². The van der Waals surface area contributed by atoms with Crippen molar-refractivity contribution in [2.45, 2.75) is 14.7 Å². The van der Waals surface area contributed by atoms with Gasteiger partial charge >= 0.3 is 0 Å². The summed E-state index contributed by atoms with van der Waals surface area (Å²) in [5.41, 5.74) is 1.40. The highest BCUT2D eigenvalue weighted by molar-refractivity contribution is 7.87. The van der Waals surface area contributed by atoms with Gasteiger partial charge in [0.2, 0.25) is 0 Å². The highest BCUT2D eigenvalue weighted by Gasteiger charge is 2.14. The summed E-state index contributed by atoms with van der Waals surface area (Å²) < 4.78 is 28.8. The van der Waals surface area contributed by atoms with Gasteiger partial charge in [0.15, 0.2) is 0 Å². The molecule has 2 atom stereocenters. The van der Waals surface area contributed by atoms with Crippen molar-refractivity contribution < 1.29 is 13.2 Å². The fourth-order valence-electron chi connectivity index (χ4n) is 2.90. The Kier molecular flexibility index (Phi) is 6.84. The maximum atomic E-state index is 13.0. The summed E-state index contributed by atoms with van der Waals surface area (Å²) in [5, 5.41) is 2.76. The number of pyridine rings is 1. The molecule has 2 N–H and O–H groups in total. The zero-order valence-electron chi connectivity index (χ0n) is 16.8. The minimum Gasteiger partial charge on any atom is -0.321 e. The predicted molar refractivity (Wildman–Crippen MR) is 126 cm³/mol. The molecule has 0 radical (unpaired) electrons.